The Hall–Kier alpha value is -0.220. The second kappa shape index (κ2) is 5.61. The van der Waals surface area contributed by atoms with Crippen molar-refractivity contribution in [3.05, 3.63) is 0 Å². The van der Waals surface area contributed by atoms with Gasteiger partial charge in [0.05, 0.1) is 5.54 Å². The molecule has 0 radical (unpaired) electrons. The molecule has 0 aromatic heterocycles. The topological polar surface area (TPSA) is 69.1 Å². The van der Waals surface area contributed by atoms with E-state index < -0.39 is 5.54 Å². The van der Waals surface area contributed by atoms with Crippen LogP contribution in [-0.4, -0.2) is 21.9 Å². The minimum atomic E-state index is -0.732. The van der Waals surface area contributed by atoms with Gasteiger partial charge in [-0.1, -0.05) is 19.3 Å². The summed E-state index contributed by atoms with van der Waals surface area (Å²) >= 11 is 2.07. The summed E-state index contributed by atoms with van der Waals surface area (Å²) in [5.74, 6) is -0.313. The monoisotopic (exact) mass is 256 g/mol. The van der Waals surface area contributed by atoms with Crippen molar-refractivity contribution in [3.8, 4) is 0 Å². The molecule has 0 aliphatic heterocycles. The zero-order chi connectivity index (χ0) is 12.3. The summed E-state index contributed by atoms with van der Waals surface area (Å²) in [6.45, 7) is 0. The number of primary amides is 1. The minimum Gasteiger partial charge on any atom is -0.368 e. The molecule has 4 heteroatoms. The summed E-state index contributed by atoms with van der Waals surface area (Å²) in [7, 11) is 0. The first-order valence-electron chi connectivity index (χ1n) is 6.84. The van der Waals surface area contributed by atoms with Crippen LogP contribution in [0.5, 0.6) is 0 Å². The Balaban J connectivity index is 1.86. The van der Waals surface area contributed by atoms with Crippen molar-refractivity contribution in [2.75, 3.05) is 0 Å². The number of thioether (sulfide) groups is 1. The highest BCUT2D eigenvalue weighted by atomic mass is 32.2. The lowest BCUT2D eigenvalue weighted by Gasteiger charge is -2.37. The van der Waals surface area contributed by atoms with Crippen LogP contribution in [0.3, 0.4) is 0 Å². The molecule has 0 heterocycles. The van der Waals surface area contributed by atoms with Crippen molar-refractivity contribution in [2.24, 2.45) is 11.5 Å². The first-order valence-corrected chi connectivity index (χ1v) is 7.79. The number of nitrogens with two attached hydrogens (primary N) is 2. The summed E-state index contributed by atoms with van der Waals surface area (Å²) in [4.78, 5) is 11.4. The Bertz CT molecular complexity index is 279. The molecular weight excluding hydrogens is 232 g/mol. The van der Waals surface area contributed by atoms with Gasteiger partial charge < -0.3 is 11.5 Å². The molecule has 1 amide bonds. The fraction of sp³-hybridized carbons (Fsp3) is 0.923. The molecule has 0 saturated heterocycles. The third-order valence-electron chi connectivity index (χ3n) is 4.17. The van der Waals surface area contributed by atoms with Crippen LogP contribution < -0.4 is 11.5 Å². The van der Waals surface area contributed by atoms with Crippen molar-refractivity contribution < 1.29 is 4.79 Å². The zero-order valence-electron chi connectivity index (χ0n) is 10.5. The number of rotatable bonds is 3. The molecule has 4 N–H and O–H groups in total. The molecule has 17 heavy (non-hydrogen) atoms. The van der Waals surface area contributed by atoms with Gasteiger partial charge in [0.15, 0.2) is 0 Å². The van der Waals surface area contributed by atoms with Gasteiger partial charge in [-0.2, -0.15) is 11.8 Å². The lowest BCUT2D eigenvalue weighted by molar-refractivity contribution is -0.124. The second-order valence-corrected chi connectivity index (χ2v) is 7.24. The van der Waals surface area contributed by atoms with Crippen LogP contribution in [-0.2, 0) is 4.79 Å². The predicted molar refractivity (Wildman–Crippen MR) is 72.8 cm³/mol. The van der Waals surface area contributed by atoms with Crippen molar-refractivity contribution in [1.29, 1.82) is 0 Å². The lowest BCUT2D eigenvalue weighted by Crippen LogP contribution is -2.55. The Morgan fingerprint density at radius 1 is 1.06 bits per heavy atom. The van der Waals surface area contributed by atoms with Gasteiger partial charge in [-0.05, 0) is 38.5 Å². The van der Waals surface area contributed by atoms with Crippen LogP contribution in [0.25, 0.3) is 0 Å². The van der Waals surface area contributed by atoms with E-state index in [4.69, 9.17) is 11.5 Å². The van der Waals surface area contributed by atoms with Gasteiger partial charge in [0.1, 0.15) is 0 Å². The largest absolute Gasteiger partial charge is 0.368 e. The van der Waals surface area contributed by atoms with E-state index in [-0.39, 0.29) is 5.91 Å². The quantitative estimate of drug-likeness (QED) is 0.813. The Labute approximate surface area is 108 Å². The molecule has 2 rings (SSSR count). The summed E-state index contributed by atoms with van der Waals surface area (Å²) in [6.07, 6.45) is 10.6. The summed E-state index contributed by atoms with van der Waals surface area (Å²) in [5, 5.41) is 1.34. The summed E-state index contributed by atoms with van der Waals surface area (Å²) in [6, 6.07) is 0. The molecule has 2 unspecified atom stereocenters. The van der Waals surface area contributed by atoms with Crippen LogP contribution in [0.4, 0.5) is 0 Å². The van der Waals surface area contributed by atoms with Crippen LogP contribution >= 0.6 is 11.8 Å². The van der Waals surface area contributed by atoms with Crippen molar-refractivity contribution in [3.63, 3.8) is 0 Å². The molecule has 2 aliphatic carbocycles. The molecule has 98 valence electrons. The fourth-order valence-corrected chi connectivity index (χ4v) is 4.92. The summed E-state index contributed by atoms with van der Waals surface area (Å²) < 4.78 is 0. The van der Waals surface area contributed by atoms with Crippen molar-refractivity contribution >= 4 is 17.7 Å². The first kappa shape index (κ1) is 13.2. The van der Waals surface area contributed by atoms with Crippen molar-refractivity contribution in [1.82, 2.24) is 0 Å². The predicted octanol–water partition coefficient (Wildman–Crippen LogP) is 2.18. The van der Waals surface area contributed by atoms with Crippen LogP contribution in [0.1, 0.15) is 57.8 Å². The maximum Gasteiger partial charge on any atom is 0.237 e. The number of carbonyl (C=O) groups excluding carboxylic acids is 1. The average Bonchev–Trinajstić information content (AvgIpc) is 2.30. The van der Waals surface area contributed by atoms with Gasteiger partial charge in [0, 0.05) is 10.5 Å². The standard InChI is InChI=1S/C13H24N2OS/c14-12(16)13(15)8-4-7-11(9-13)17-10-5-2-1-3-6-10/h10-11H,1-9,15H2,(H2,14,16). The van der Waals surface area contributed by atoms with E-state index in [2.05, 4.69) is 11.8 Å². The van der Waals surface area contributed by atoms with Gasteiger partial charge in [-0.15, -0.1) is 0 Å². The average molecular weight is 256 g/mol. The molecule has 2 fully saturated rings. The minimum absolute atomic E-state index is 0.313. The van der Waals surface area contributed by atoms with Crippen LogP contribution in [0.2, 0.25) is 0 Å². The molecular formula is C13H24N2OS. The van der Waals surface area contributed by atoms with Gasteiger partial charge in [-0.3, -0.25) is 4.79 Å². The Kier molecular flexibility index (Phi) is 4.36. The normalized spacial score (nSPS) is 35.7. The molecule has 0 aromatic carbocycles. The molecule has 3 nitrogen and oxygen atoms in total. The Morgan fingerprint density at radius 2 is 1.71 bits per heavy atom. The van der Waals surface area contributed by atoms with Crippen LogP contribution in [0, 0.1) is 0 Å². The first-order chi connectivity index (χ1) is 8.10. The number of amides is 1. The third-order valence-corrected chi connectivity index (χ3v) is 5.81. The van der Waals surface area contributed by atoms with Gasteiger partial charge >= 0.3 is 0 Å². The van der Waals surface area contributed by atoms with Gasteiger partial charge in [0.25, 0.3) is 0 Å². The smallest absolute Gasteiger partial charge is 0.237 e. The molecule has 0 bridgehead atoms. The van der Waals surface area contributed by atoms with E-state index in [1.165, 1.54) is 38.5 Å². The zero-order valence-corrected chi connectivity index (χ0v) is 11.3. The van der Waals surface area contributed by atoms with Gasteiger partial charge in [-0.25, -0.2) is 0 Å². The highest BCUT2D eigenvalue weighted by Crippen LogP contribution is 2.39. The summed E-state index contributed by atoms with van der Waals surface area (Å²) in [5.41, 5.74) is 10.8. The SMILES string of the molecule is NC(=O)C1(N)CCCC(SC2CCCCC2)C1. The molecule has 0 spiro atoms. The highest BCUT2D eigenvalue weighted by Gasteiger charge is 2.38. The molecule has 2 atom stereocenters. The molecule has 2 saturated carbocycles. The van der Waals surface area contributed by atoms with Gasteiger partial charge in [0.2, 0.25) is 5.91 Å². The Morgan fingerprint density at radius 3 is 2.35 bits per heavy atom. The van der Waals surface area contributed by atoms with E-state index in [1.54, 1.807) is 0 Å². The highest BCUT2D eigenvalue weighted by molar-refractivity contribution is 8.00. The van der Waals surface area contributed by atoms with E-state index in [1.807, 2.05) is 0 Å². The maximum absolute atomic E-state index is 11.4. The van der Waals surface area contributed by atoms with E-state index in [0.29, 0.717) is 5.25 Å². The van der Waals surface area contributed by atoms with E-state index in [9.17, 15) is 4.79 Å². The number of hydrogen-bond acceptors (Lipinski definition) is 3. The fourth-order valence-electron chi connectivity index (χ4n) is 3.07. The molecule has 0 aromatic rings. The van der Waals surface area contributed by atoms with E-state index >= 15 is 0 Å². The lowest BCUT2D eigenvalue weighted by atomic mass is 9.82. The van der Waals surface area contributed by atoms with Crippen molar-refractivity contribution in [2.45, 2.75) is 73.8 Å². The number of hydrogen-bond donors (Lipinski definition) is 2. The maximum atomic E-state index is 11.4. The third kappa shape index (κ3) is 3.38. The van der Waals surface area contributed by atoms with Crippen LogP contribution in [0.15, 0.2) is 0 Å². The second-order valence-electron chi connectivity index (χ2n) is 5.63. The number of carbonyl (C=O) groups is 1. The van der Waals surface area contributed by atoms with E-state index in [0.717, 1.165) is 24.5 Å². The molecule has 2 aliphatic rings.